The van der Waals surface area contributed by atoms with Gasteiger partial charge in [0.2, 0.25) is 0 Å². The highest BCUT2D eigenvalue weighted by Gasteiger charge is 2.54. The standard InChI is InChI=1S/C35H48N2O6S/c1-6-9-20-41-35(42-21-10-7-2,43-22-11-8-3)34(5,27-38)44-32-18-16-31(17-19-32)33(39)40-26-30-23-36-37(25-30)24-29-14-12-28(4)13-15-29/h12-19,23,25,27H,6-11,20-22,24,26H2,1-5H3. The summed E-state index contributed by atoms with van der Waals surface area (Å²) >= 11 is 1.30. The molecule has 0 fully saturated rings. The van der Waals surface area contributed by atoms with Crippen molar-refractivity contribution in [1.29, 1.82) is 0 Å². The largest absolute Gasteiger partial charge is 0.457 e. The van der Waals surface area contributed by atoms with Crippen molar-refractivity contribution >= 4 is 24.0 Å². The molecule has 0 aliphatic carbocycles. The molecule has 0 radical (unpaired) electrons. The van der Waals surface area contributed by atoms with Crippen LogP contribution < -0.4 is 0 Å². The molecule has 0 amide bonds. The Labute approximate surface area is 266 Å². The lowest BCUT2D eigenvalue weighted by Gasteiger charge is -2.43. The summed E-state index contributed by atoms with van der Waals surface area (Å²) in [6.45, 7) is 12.1. The van der Waals surface area contributed by atoms with E-state index in [1.54, 1.807) is 37.4 Å². The minimum Gasteiger partial charge on any atom is -0.457 e. The fourth-order valence-electron chi connectivity index (χ4n) is 4.35. The van der Waals surface area contributed by atoms with Crippen molar-refractivity contribution in [3.8, 4) is 0 Å². The molecule has 0 spiro atoms. The summed E-state index contributed by atoms with van der Waals surface area (Å²) < 4.78 is 25.0. The molecule has 9 heteroatoms. The van der Waals surface area contributed by atoms with E-state index in [4.69, 9.17) is 18.9 Å². The number of esters is 1. The molecule has 44 heavy (non-hydrogen) atoms. The lowest BCUT2D eigenvalue weighted by Crippen LogP contribution is -2.57. The smallest absolute Gasteiger partial charge is 0.338 e. The molecule has 2 aromatic carbocycles. The molecule has 0 aliphatic rings. The first-order valence-electron chi connectivity index (χ1n) is 15.7. The Morgan fingerprint density at radius 2 is 1.43 bits per heavy atom. The average molecular weight is 625 g/mol. The number of aryl methyl sites for hydroxylation is 1. The third kappa shape index (κ3) is 10.3. The highest BCUT2D eigenvalue weighted by Crippen LogP contribution is 2.43. The van der Waals surface area contributed by atoms with E-state index in [-0.39, 0.29) is 6.61 Å². The van der Waals surface area contributed by atoms with Crippen LogP contribution in [-0.2, 0) is 36.9 Å². The second kappa shape index (κ2) is 18.1. The van der Waals surface area contributed by atoms with Crippen molar-refractivity contribution in [3.05, 3.63) is 83.2 Å². The number of unbranched alkanes of at least 4 members (excludes halogenated alkanes) is 3. The molecule has 8 nitrogen and oxygen atoms in total. The second-order valence-corrected chi connectivity index (χ2v) is 12.6. The summed E-state index contributed by atoms with van der Waals surface area (Å²) in [6, 6.07) is 15.3. The van der Waals surface area contributed by atoms with Gasteiger partial charge in [-0.15, -0.1) is 11.8 Å². The molecule has 1 aromatic heterocycles. The number of aldehydes is 1. The number of benzene rings is 2. The first-order valence-corrected chi connectivity index (χ1v) is 16.5. The Kier molecular flexibility index (Phi) is 14.6. The Balaban J connectivity index is 1.67. The van der Waals surface area contributed by atoms with E-state index in [1.165, 1.54) is 17.3 Å². The average Bonchev–Trinajstić information content (AvgIpc) is 3.48. The number of nitrogens with zero attached hydrogens (tertiary/aromatic N) is 2. The van der Waals surface area contributed by atoms with Gasteiger partial charge < -0.3 is 23.7 Å². The van der Waals surface area contributed by atoms with Crippen LogP contribution >= 0.6 is 11.8 Å². The number of carbonyl (C=O) groups is 2. The molecular weight excluding hydrogens is 576 g/mol. The number of aromatic nitrogens is 2. The molecule has 0 saturated carbocycles. The predicted octanol–water partition coefficient (Wildman–Crippen LogP) is 7.75. The third-order valence-electron chi connectivity index (χ3n) is 7.14. The fourth-order valence-corrected chi connectivity index (χ4v) is 5.46. The SMILES string of the molecule is CCCCOC(OCCCC)(OCCCC)C(C)(C=O)Sc1ccc(C(=O)OCc2cnn(Cc3ccc(C)cc3)c2)cc1. The van der Waals surface area contributed by atoms with Gasteiger partial charge in [0.1, 0.15) is 12.9 Å². The lowest BCUT2D eigenvalue weighted by molar-refractivity contribution is -0.388. The van der Waals surface area contributed by atoms with Gasteiger partial charge in [0.15, 0.2) is 4.75 Å². The summed E-state index contributed by atoms with van der Waals surface area (Å²) in [4.78, 5) is 26.3. The van der Waals surface area contributed by atoms with Crippen molar-refractivity contribution in [3.63, 3.8) is 0 Å². The second-order valence-electron chi connectivity index (χ2n) is 11.1. The van der Waals surface area contributed by atoms with Crippen molar-refractivity contribution in [2.45, 2.75) is 102 Å². The van der Waals surface area contributed by atoms with E-state index in [9.17, 15) is 9.59 Å². The molecule has 3 aromatic rings. The van der Waals surface area contributed by atoms with E-state index in [0.29, 0.717) is 31.9 Å². The van der Waals surface area contributed by atoms with Crippen molar-refractivity contribution in [2.75, 3.05) is 19.8 Å². The molecule has 0 aliphatic heterocycles. The molecule has 240 valence electrons. The van der Waals surface area contributed by atoms with Crippen LogP contribution in [0.2, 0.25) is 0 Å². The first-order chi connectivity index (χ1) is 21.3. The zero-order chi connectivity index (χ0) is 31.8. The van der Waals surface area contributed by atoms with Crippen LogP contribution in [0.15, 0.2) is 65.8 Å². The van der Waals surface area contributed by atoms with Crippen LogP contribution in [0.4, 0.5) is 0 Å². The summed E-state index contributed by atoms with van der Waals surface area (Å²) in [5, 5.41) is 4.39. The zero-order valence-corrected chi connectivity index (χ0v) is 27.7. The number of thioether (sulfide) groups is 1. The number of rotatable bonds is 21. The van der Waals surface area contributed by atoms with Crippen molar-refractivity contribution < 1.29 is 28.5 Å². The van der Waals surface area contributed by atoms with Crippen LogP contribution in [-0.4, -0.2) is 52.6 Å². The number of hydrogen-bond acceptors (Lipinski definition) is 8. The van der Waals surface area contributed by atoms with Gasteiger partial charge >= 0.3 is 11.9 Å². The molecule has 1 atom stereocenters. The molecule has 0 N–H and O–H groups in total. The van der Waals surface area contributed by atoms with Crippen LogP contribution in [0.3, 0.4) is 0 Å². The Bertz CT molecular complexity index is 1250. The highest BCUT2D eigenvalue weighted by molar-refractivity contribution is 8.01. The van der Waals surface area contributed by atoms with Crippen LogP contribution in [0.1, 0.15) is 93.3 Å². The van der Waals surface area contributed by atoms with Gasteiger partial charge in [-0.25, -0.2) is 4.79 Å². The Morgan fingerprint density at radius 1 is 0.864 bits per heavy atom. The molecule has 1 unspecified atom stereocenters. The van der Waals surface area contributed by atoms with Gasteiger partial charge in [-0.1, -0.05) is 69.9 Å². The summed E-state index contributed by atoms with van der Waals surface area (Å²) in [5.41, 5.74) is 3.59. The summed E-state index contributed by atoms with van der Waals surface area (Å²) in [5.74, 6) is -1.98. The highest BCUT2D eigenvalue weighted by atomic mass is 32.2. The minimum atomic E-state index is -1.54. The minimum absolute atomic E-state index is 0.119. The fraction of sp³-hybridized carbons (Fsp3) is 0.514. The van der Waals surface area contributed by atoms with Gasteiger partial charge in [0.05, 0.1) is 38.1 Å². The number of ether oxygens (including phenoxy) is 4. The molecule has 0 bridgehead atoms. The topological polar surface area (TPSA) is 88.9 Å². The van der Waals surface area contributed by atoms with E-state index in [1.807, 2.05) is 10.9 Å². The maximum atomic E-state index is 12.8. The maximum Gasteiger partial charge on any atom is 0.338 e. The first kappa shape index (κ1) is 35.5. The molecular formula is C35H48N2O6S. The van der Waals surface area contributed by atoms with Gasteiger partial charge in [-0.05, 0) is 62.9 Å². The summed E-state index contributed by atoms with van der Waals surface area (Å²) in [6.07, 6.45) is 9.73. The van der Waals surface area contributed by atoms with Gasteiger partial charge in [0, 0.05) is 16.7 Å². The van der Waals surface area contributed by atoms with Crippen LogP contribution in [0.5, 0.6) is 0 Å². The third-order valence-corrected chi connectivity index (χ3v) is 8.42. The predicted molar refractivity (Wildman–Crippen MR) is 174 cm³/mol. The van der Waals surface area contributed by atoms with Crippen molar-refractivity contribution in [2.24, 2.45) is 0 Å². The van der Waals surface area contributed by atoms with Crippen LogP contribution in [0.25, 0.3) is 0 Å². The quantitative estimate of drug-likeness (QED) is 0.0391. The van der Waals surface area contributed by atoms with Crippen molar-refractivity contribution in [1.82, 2.24) is 9.78 Å². The van der Waals surface area contributed by atoms with Crippen LogP contribution in [0, 0.1) is 6.92 Å². The molecule has 1 heterocycles. The molecule has 3 rings (SSSR count). The zero-order valence-electron chi connectivity index (χ0n) is 26.9. The van der Waals surface area contributed by atoms with Gasteiger partial charge in [-0.3, -0.25) is 4.68 Å². The number of hydrogen-bond donors (Lipinski definition) is 0. The Hall–Kier alpha value is -2.98. The van der Waals surface area contributed by atoms with E-state index >= 15 is 0 Å². The maximum absolute atomic E-state index is 12.8. The molecule has 0 saturated heterocycles. The van der Waals surface area contributed by atoms with E-state index in [2.05, 4.69) is 57.1 Å². The van der Waals surface area contributed by atoms with Gasteiger partial charge in [0.25, 0.3) is 0 Å². The number of carbonyl (C=O) groups excluding carboxylic acids is 2. The Morgan fingerprint density at radius 3 is 1.95 bits per heavy atom. The van der Waals surface area contributed by atoms with E-state index < -0.39 is 16.7 Å². The monoisotopic (exact) mass is 624 g/mol. The lowest BCUT2D eigenvalue weighted by atomic mass is 10.1. The van der Waals surface area contributed by atoms with E-state index in [0.717, 1.165) is 60.8 Å². The normalized spacial score (nSPS) is 13.0. The summed E-state index contributed by atoms with van der Waals surface area (Å²) in [7, 11) is 0. The van der Waals surface area contributed by atoms with Gasteiger partial charge in [-0.2, -0.15) is 5.10 Å².